The Morgan fingerprint density at radius 2 is 1.71 bits per heavy atom. The Morgan fingerprint density at radius 1 is 1.14 bits per heavy atom. The number of hydrogen-bond acceptors (Lipinski definition) is 2. The molecular formula is C21H33FN2O2S2. The average molecular weight is 429 g/mol. The van der Waals surface area contributed by atoms with Crippen LogP contribution in [0.3, 0.4) is 0 Å². The van der Waals surface area contributed by atoms with Crippen molar-refractivity contribution in [2.24, 2.45) is 11.8 Å². The third-order valence-electron chi connectivity index (χ3n) is 4.46. The van der Waals surface area contributed by atoms with Crippen LogP contribution in [0.25, 0.3) is 6.08 Å². The molecular weight excluding hydrogens is 395 g/mol. The molecule has 1 aromatic rings. The summed E-state index contributed by atoms with van der Waals surface area (Å²) in [6.07, 6.45) is 4.62. The molecule has 4 nitrogen and oxygen atoms in total. The smallest absolute Gasteiger partial charge is 0.247 e. The van der Waals surface area contributed by atoms with Crippen molar-refractivity contribution in [3.8, 4) is 0 Å². The minimum Gasteiger partial charge on any atom is -0.350 e. The van der Waals surface area contributed by atoms with Gasteiger partial charge >= 0.3 is 0 Å². The fourth-order valence-corrected chi connectivity index (χ4v) is 3.31. The molecule has 7 heteroatoms. The van der Waals surface area contributed by atoms with Crippen LogP contribution >= 0.6 is 27.0 Å². The summed E-state index contributed by atoms with van der Waals surface area (Å²) in [5.41, 5.74) is 0.750. The van der Waals surface area contributed by atoms with E-state index in [2.05, 4.69) is 19.2 Å². The number of carbonyl (C=O) groups excluding carboxylic acids is 2. The number of nitrogens with zero attached hydrogens (tertiary/aromatic N) is 1. The topological polar surface area (TPSA) is 49.4 Å². The summed E-state index contributed by atoms with van der Waals surface area (Å²) >= 11 is 0. The summed E-state index contributed by atoms with van der Waals surface area (Å²) < 4.78 is 13.0. The van der Waals surface area contributed by atoms with Gasteiger partial charge in [-0.2, -0.15) is 27.0 Å². The zero-order valence-electron chi connectivity index (χ0n) is 17.0. The first-order valence-electron chi connectivity index (χ1n) is 9.31. The number of amides is 2. The number of hydrogen-bond donors (Lipinski definition) is 1. The summed E-state index contributed by atoms with van der Waals surface area (Å²) in [4.78, 5) is 27.1. The molecule has 28 heavy (non-hydrogen) atoms. The van der Waals surface area contributed by atoms with Crippen LogP contribution in [0.4, 0.5) is 4.39 Å². The van der Waals surface area contributed by atoms with Crippen molar-refractivity contribution in [2.45, 2.75) is 52.6 Å². The van der Waals surface area contributed by atoms with E-state index in [0.29, 0.717) is 24.8 Å². The fraction of sp³-hybridized carbons (Fsp3) is 0.524. The quantitative estimate of drug-likeness (QED) is 0.700. The lowest BCUT2D eigenvalue weighted by molar-refractivity contribution is -0.142. The Kier molecular flexibility index (Phi) is 11.5. The number of nitrogens with one attached hydrogen (secondary N) is 1. The van der Waals surface area contributed by atoms with Crippen molar-refractivity contribution < 1.29 is 14.0 Å². The van der Waals surface area contributed by atoms with E-state index in [9.17, 15) is 14.0 Å². The highest BCUT2D eigenvalue weighted by Gasteiger charge is 2.36. The monoisotopic (exact) mass is 428 g/mol. The van der Waals surface area contributed by atoms with Crippen LogP contribution < -0.4 is 5.32 Å². The van der Waals surface area contributed by atoms with Crippen LogP contribution in [0.15, 0.2) is 30.3 Å². The Balaban J connectivity index is 0.00000364. The maximum atomic E-state index is 13.0. The van der Waals surface area contributed by atoms with Crippen molar-refractivity contribution in [3.05, 3.63) is 41.7 Å². The van der Waals surface area contributed by atoms with Gasteiger partial charge in [0.25, 0.3) is 0 Å². The Morgan fingerprint density at radius 3 is 2.25 bits per heavy atom. The van der Waals surface area contributed by atoms with Gasteiger partial charge in [0.2, 0.25) is 11.8 Å². The molecule has 0 bridgehead atoms. The van der Waals surface area contributed by atoms with Gasteiger partial charge in [-0.3, -0.25) is 9.59 Å². The minimum absolute atomic E-state index is 0. The maximum absolute atomic E-state index is 13.0. The minimum atomic E-state index is -0.441. The van der Waals surface area contributed by atoms with Crippen molar-refractivity contribution in [1.29, 1.82) is 0 Å². The third kappa shape index (κ3) is 7.87. The zero-order valence-corrected chi connectivity index (χ0v) is 19.0. The molecule has 1 saturated heterocycles. The van der Waals surface area contributed by atoms with Crippen LogP contribution in [-0.2, 0) is 9.59 Å². The Hall–Kier alpha value is -1.47. The van der Waals surface area contributed by atoms with Crippen LogP contribution in [-0.4, -0.2) is 35.3 Å². The Labute approximate surface area is 181 Å². The molecule has 2 rings (SSSR count). The fourth-order valence-electron chi connectivity index (χ4n) is 3.31. The van der Waals surface area contributed by atoms with Gasteiger partial charge in [-0.15, -0.1) is 0 Å². The van der Waals surface area contributed by atoms with Gasteiger partial charge in [0, 0.05) is 18.7 Å². The predicted octanol–water partition coefficient (Wildman–Crippen LogP) is 3.85. The van der Waals surface area contributed by atoms with Gasteiger partial charge in [0.05, 0.1) is 0 Å². The van der Waals surface area contributed by atoms with E-state index in [-0.39, 0.29) is 50.7 Å². The lowest BCUT2D eigenvalue weighted by Gasteiger charge is -2.40. The molecule has 0 aliphatic carbocycles. The van der Waals surface area contributed by atoms with Crippen LogP contribution in [0.2, 0.25) is 0 Å². The number of rotatable bonds is 6. The second-order valence-electron chi connectivity index (χ2n) is 7.86. The Bertz CT molecular complexity index is 663. The number of piperazine rings is 1. The van der Waals surface area contributed by atoms with E-state index < -0.39 is 6.04 Å². The molecule has 0 aromatic heterocycles. The molecule has 1 aromatic carbocycles. The molecule has 0 spiro atoms. The number of carbonyl (C=O) groups is 2. The van der Waals surface area contributed by atoms with Crippen LogP contribution in [0, 0.1) is 17.7 Å². The molecule has 0 unspecified atom stereocenters. The first kappa shape index (κ1) is 26.5. The van der Waals surface area contributed by atoms with Gasteiger partial charge in [-0.1, -0.05) is 39.8 Å². The molecule has 1 aliphatic heterocycles. The van der Waals surface area contributed by atoms with Crippen molar-refractivity contribution in [3.63, 3.8) is 0 Å². The zero-order chi connectivity index (χ0) is 19.3. The first-order chi connectivity index (χ1) is 12.3. The molecule has 2 atom stereocenters. The number of halogens is 1. The molecule has 0 radical (unpaired) electrons. The van der Waals surface area contributed by atoms with Gasteiger partial charge < -0.3 is 10.2 Å². The molecule has 1 fully saturated rings. The van der Waals surface area contributed by atoms with E-state index in [1.54, 1.807) is 23.1 Å². The summed E-state index contributed by atoms with van der Waals surface area (Å²) in [6, 6.07) is 5.50. The largest absolute Gasteiger partial charge is 0.350 e. The maximum Gasteiger partial charge on any atom is 0.247 e. The standard InChI is InChI=1S/C21H29FN2O2.2H2S/c1-14(2)11-18-13-24(19(12-15(3)4)21(26)23-18)20(25)10-7-16-5-8-17(22)9-6-16;;/h5-10,14-15,18-19H,11-13H2,1-4H3,(H,23,26);2*1H2/b10-7+;;/t18-,19-;;/m0../s1. The molecule has 1 heterocycles. The van der Waals surface area contributed by atoms with Gasteiger partial charge in [0.1, 0.15) is 11.9 Å². The summed E-state index contributed by atoms with van der Waals surface area (Å²) in [6.45, 7) is 8.82. The van der Waals surface area contributed by atoms with Crippen molar-refractivity contribution >= 4 is 44.9 Å². The molecule has 158 valence electrons. The molecule has 1 N–H and O–H groups in total. The predicted molar refractivity (Wildman–Crippen MR) is 123 cm³/mol. The summed E-state index contributed by atoms with van der Waals surface area (Å²) in [7, 11) is 0. The van der Waals surface area contributed by atoms with Crippen LogP contribution in [0.5, 0.6) is 0 Å². The highest BCUT2D eigenvalue weighted by Crippen LogP contribution is 2.20. The lowest BCUT2D eigenvalue weighted by atomic mass is 9.95. The van der Waals surface area contributed by atoms with E-state index in [1.807, 2.05) is 13.8 Å². The lowest BCUT2D eigenvalue weighted by Crippen LogP contribution is -2.61. The molecule has 0 saturated carbocycles. The van der Waals surface area contributed by atoms with Crippen molar-refractivity contribution in [2.75, 3.05) is 6.54 Å². The van der Waals surface area contributed by atoms with Gasteiger partial charge in [-0.05, 0) is 48.4 Å². The number of benzene rings is 1. The molecule has 2 amide bonds. The van der Waals surface area contributed by atoms with E-state index in [4.69, 9.17) is 0 Å². The first-order valence-corrected chi connectivity index (χ1v) is 9.31. The summed E-state index contributed by atoms with van der Waals surface area (Å²) in [5, 5.41) is 3.07. The van der Waals surface area contributed by atoms with Crippen molar-refractivity contribution in [1.82, 2.24) is 10.2 Å². The van der Waals surface area contributed by atoms with Gasteiger partial charge in [0.15, 0.2) is 0 Å². The highest BCUT2D eigenvalue weighted by atomic mass is 32.1. The normalized spacial score (nSPS) is 19.4. The van der Waals surface area contributed by atoms with Crippen LogP contribution in [0.1, 0.15) is 46.1 Å². The second kappa shape index (κ2) is 12.2. The second-order valence-corrected chi connectivity index (χ2v) is 7.86. The van der Waals surface area contributed by atoms with Gasteiger partial charge in [-0.25, -0.2) is 4.39 Å². The van der Waals surface area contributed by atoms with E-state index >= 15 is 0 Å². The SMILES string of the molecule is CC(C)C[C@H]1CN(C(=O)/C=C/c2ccc(F)cc2)[C@@H](CC(C)C)C(=O)N1.S.S. The van der Waals surface area contributed by atoms with E-state index in [1.165, 1.54) is 18.2 Å². The third-order valence-corrected chi connectivity index (χ3v) is 4.46. The highest BCUT2D eigenvalue weighted by molar-refractivity contribution is 7.59. The summed E-state index contributed by atoms with van der Waals surface area (Å²) in [5.74, 6) is 0.190. The average Bonchev–Trinajstić information content (AvgIpc) is 2.55. The molecule has 1 aliphatic rings. The van der Waals surface area contributed by atoms with E-state index in [0.717, 1.165) is 12.0 Å².